The van der Waals surface area contributed by atoms with E-state index < -0.39 is 35.1 Å². The van der Waals surface area contributed by atoms with Gasteiger partial charge in [-0.2, -0.15) is 5.26 Å². The molecule has 1 atom stereocenters. The van der Waals surface area contributed by atoms with Crippen LogP contribution >= 0.6 is 0 Å². The average molecular weight is 329 g/mol. The molecule has 0 saturated heterocycles. The predicted molar refractivity (Wildman–Crippen MR) is 81.7 cm³/mol. The zero-order chi connectivity index (χ0) is 17.7. The van der Waals surface area contributed by atoms with Gasteiger partial charge in [0.15, 0.2) is 0 Å². The van der Waals surface area contributed by atoms with Crippen molar-refractivity contribution in [3.8, 4) is 6.07 Å². The van der Waals surface area contributed by atoms with Crippen molar-refractivity contribution in [2.75, 3.05) is 0 Å². The summed E-state index contributed by atoms with van der Waals surface area (Å²) in [5.41, 5.74) is 5.72. The quantitative estimate of drug-likeness (QED) is 0.873. The summed E-state index contributed by atoms with van der Waals surface area (Å²) in [7, 11) is 0. The third-order valence-corrected chi connectivity index (χ3v) is 3.39. The lowest BCUT2D eigenvalue weighted by molar-refractivity contribution is -0.119. The Labute approximate surface area is 136 Å². The number of hydrogen-bond donors (Lipinski definition) is 2. The number of benzene rings is 2. The van der Waals surface area contributed by atoms with Crippen LogP contribution in [0.5, 0.6) is 0 Å². The smallest absolute Gasteiger partial charge is 0.254 e. The molecular weight excluding hydrogens is 316 g/mol. The third kappa shape index (κ3) is 3.93. The maximum absolute atomic E-state index is 13.6. The Morgan fingerprint density at radius 3 is 2.54 bits per heavy atom. The number of nitrogens with one attached hydrogen (secondary N) is 1. The summed E-state index contributed by atoms with van der Waals surface area (Å²) in [5, 5.41) is 11.4. The van der Waals surface area contributed by atoms with Crippen LogP contribution in [0, 0.1) is 23.0 Å². The van der Waals surface area contributed by atoms with Gasteiger partial charge in [0.05, 0.1) is 17.2 Å². The normalized spacial score (nSPS) is 11.4. The van der Waals surface area contributed by atoms with Gasteiger partial charge in [0.25, 0.3) is 5.91 Å². The van der Waals surface area contributed by atoms with E-state index in [1.165, 1.54) is 0 Å². The lowest BCUT2D eigenvalue weighted by Gasteiger charge is -2.16. The number of nitrogens with two attached hydrogens (primary N) is 1. The van der Waals surface area contributed by atoms with Crippen LogP contribution in [0.2, 0.25) is 0 Å². The second kappa shape index (κ2) is 7.33. The minimum Gasteiger partial charge on any atom is -0.368 e. The lowest BCUT2D eigenvalue weighted by Crippen LogP contribution is -2.46. The van der Waals surface area contributed by atoms with E-state index in [0.29, 0.717) is 17.2 Å². The molecule has 5 nitrogen and oxygen atoms in total. The molecule has 0 unspecified atom stereocenters. The highest BCUT2D eigenvalue weighted by molar-refractivity contribution is 5.97. The van der Waals surface area contributed by atoms with Crippen LogP contribution in [-0.4, -0.2) is 17.9 Å². The summed E-state index contributed by atoms with van der Waals surface area (Å²) >= 11 is 0. The Hall–Kier alpha value is -3.27. The molecule has 2 aromatic carbocycles. The van der Waals surface area contributed by atoms with Gasteiger partial charge in [0.2, 0.25) is 5.91 Å². The molecule has 0 radical (unpaired) electrons. The highest BCUT2D eigenvalue weighted by atomic mass is 19.1. The van der Waals surface area contributed by atoms with E-state index in [1.54, 1.807) is 24.3 Å². The summed E-state index contributed by atoms with van der Waals surface area (Å²) in [6, 6.07) is 9.83. The van der Waals surface area contributed by atoms with Gasteiger partial charge in [-0.3, -0.25) is 9.59 Å². The van der Waals surface area contributed by atoms with Crippen LogP contribution in [0.4, 0.5) is 8.78 Å². The molecular formula is C17H13F2N3O2. The number of primary amides is 1. The van der Waals surface area contributed by atoms with Crippen LogP contribution < -0.4 is 11.1 Å². The summed E-state index contributed by atoms with van der Waals surface area (Å²) in [6.07, 6.45) is -0.0202. The van der Waals surface area contributed by atoms with Gasteiger partial charge < -0.3 is 11.1 Å². The van der Waals surface area contributed by atoms with Crippen molar-refractivity contribution in [3.05, 3.63) is 70.8 Å². The van der Waals surface area contributed by atoms with Gasteiger partial charge in [-0.1, -0.05) is 18.2 Å². The molecule has 2 aromatic rings. The summed E-state index contributed by atoms with van der Waals surface area (Å²) in [5.74, 6) is -3.60. The van der Waals surface area contributed by atoms with E-state index in [0.717, 1.165) is 12.1 Å². The number of carbonyl (C=O) groups is 2. The van der Waals surface area contributed by atoms with E-state index in [1.807, 2.05) is 6.07 Å². The number of carbonyl (C=O) groups excluding carboxylic acids is 2. The molecule has 0 bridgehead atoms. The van der Waals surface area contributed by atoms with Gasteiger partial charge >= 0.3 is 0 Å². The summed E-state index contributed by atoms with van der Waals surface area (Å²) in [6.45, 7) is 0. The van der Waals surface area contributed by atoms with Crippen molar-refractivity contribution in [2.45, 2.75) is 12.5 Å². The molecule has 0 aromatic heterocycles. The highest BCUT2D eigenvalue weighted by Crippen LogP contribution is 2.12. The Kier molecular flexibility index (Phi) is 5.22. The number of halogens is 2. The summed E-state index contributed by atoms with van der Waals surface area (Å²) < 4.78 is 26.5. The van der Waals surface area contributed by atoms with Crippen molar-refractivity contribution in [2.24, 2.45) is 5.73 Å². The molecule has 2 rings (SSSR count). The predicted octanol–water partition coefficient (Wildman–Crippen LogP) is 1.66. The van der Waals surface area contributed by atoms with Gasteiger partial charge in [-0.05, 0) is 23.8 Å². The van der Waals surface area contributed by atoms with Gasteiger partial charge in [-0.15, -0.1) is 0 Å². The highest BCUT2D eigenvalue weighted by Gasteiger charge is 2.22. The monoisotopic (exact) mass is 329 g/mol. The van der Waals surface area contributed by atoms with Crippen molar-refractivity contribution in [3.63, 3.8) is 0 Å². The van der Waals surface area contributed by atoms with Crippen LogP contribution in [0.15, 0.2) is 42.5 Å². The van der Waals surface area contributed by atoms with Crippen LogP contribution in [0.1, 0.15) is 21.5 Å². The minimum absolute atomic E-state index is 0.0202. The molecule has 0 heterocycles. The van der Waals surface area contributed by atoms with E-state index in [4.69, 9.17) is 11.0 Å². The number of rotatable bonds is 5. The van der Waals surface area contributed by atoms with Gasteiger partial charge in [0.1, 0.15) is 17.7 Å². The molecule has 0 spiro atoms. The Morgan fingerprint density at radius 1 is 1.21 bits per heavy atom. The first-order valence-corrected chi connectivity index (χ1v) is 6.95. The first-order chi connectivity index (χ1) is 11.4. The third-order valence-electron chi connectivity index (χ3n) is 3.39. The fourth-order valence-electron chi connectivity index (χ4n) is 2.16. The molecule has 0 aliphatic carbocycles. The Bertz CT molecular complexity index is 831. The number of nitriles is 1. The van der Waals surface area contributed by atoms with E-state index in [9.17, 15) is 18.4 Å². The fourth-order valence-corrected chi connectivity index (χ4v) is 2.16. The fraction of sp³-hybridized carbons (Fsp3) is 0.118. The Morgan fingerprint density at radius 2 is 1.92 bits per heavy atom. The van der Waals surface area contributed by atoms with Crippen LogP contribution in [-0.2, 0) is 11.2 Å². The molecule has 0 saturated carbocycles. The molecule has 24 heavy (non-hydrogen) atoms. The molecule has 0 fully saturated rings. The van der Waals surface area contributed by atoms with Gasteiger partial charge in [-0.25, -0.2) is 8.78 Å². The van der Waals surface area contributed by atoms with Gasteiger partial charge in [0, 0.05) is 12.5 Å². The second-order valence-electron chi connectivity index (χ2n) is 5.03. The largest absolute Gasteiger partial charge is 0.368 e. The molecule has 0 aliphatic heterocycles. The van der Waals surface area contributed by atoms with Crippen molar-refractivity contribution < 1.29 is 18.4 Å². The molecule has 0 aliphatic rings. The zero-order valence-corrected chi connectivity index (χ0v) is 12.4. The first-order valence-electron chi connectivity index (χ1n) is 6.95. The maximum atomic E-state index is 13.6. The number of hydrogen-bond acceptors (Lipinski definition) is 3. The standard InChI is InChI=1S/C17H13F2N3O2/c18-12-5-6-13(14(19)8-12)17(24)22-15(16(21)23)7-10-3-1-2-4-11(10)9-20/h1-6,8,15H,7H2,(H2,21,23)(H,22,24)/t15-/m1/s1. The molecule has 2 amide bonds. The minimum atomic E-state index is -1.14. The second-order valence-corrected chi connectivity index (χ2v) is 5.03. The summed E-state index contributed by atoms with van der Waals surface area (Å²) in [4.78, 5) is 23.7. The Balaban J connectivity index is 2.21. The van der Waals surface area contributed by atoms with Crippen molar-refractivity contribution in [1.82, 2.24) is 5.32 Å². The number of nitrogens with zero attached hydrogens (tertiary/aromatic N) is 1. The maximum Gasteiger partial charge on any atom is 0.254 e. The molecule has 122 valence electrons. The van der Waals surface area contributed by atoms with E-state index >= 15 is 0 Å². The van der Waals surface area contributed by atoms with Crippen molar-refractivity contribution >= 4 is 11.8 Å². The lowest BCUT2D eigenvalue weighted by atomic mass is 10.00. The van der Waals surface area contributed by atoms with E-state index in [2.05, 4.69) is 5.32 Å². The zero-order valence-electron chi connectivity index (χ0n) is 12.4. The van der Waals surface area contributed by atoms with Crippen molar-refractivity contribution in [1.29, 1.82) is 5.26 Å². The van der Waals surface area contributed by atoms with E-state index in [-0.39, 0.29) is 6.42 Å². The molecule has 3 N–H and O–H groups in total. The number of amides is 2. The van der Waals surface area contributed by atoms with Crippen LogP contribution in [0.3, 0.4) is 0 Å². The first kappa shape index (κ1) is 17.1. The topological polar surface area (TPSA) is 96.0 Å². The molecule has 7 heteroatoms. The van der Waals surface area contributed by atoms with Crippen LogP contribution in [0.25, 0.3) is 0 Å². The average Bonchev–Trinajstić information content (AvgIpc) is 2.54. The SMILES string of the molecule is N#Cc1ccccc1C[C@@H](NC(=O)c1ccc(F)cc1F)C(N)=O.